The first kappa shape index (κ1) is 15.6. The van der Waals surface area contributed by atoms with E-state index in [4.69, 9.17) is 0 Å². The number of nitrogens with one attached hydrogen (secondary N) is 1. The topological polar surface area (TPSA) is 47.0 Å². The monoisotopic (exact) mass is 281 g/mol. The molecule has 0 bridgehead atoms. The van der Waals surface area contributed by atoms with E-state index in [1.807, 2.05) is 13.8 Å². The van der Waals surface area contributed by atoms with Crippen LogP contribution in [0.2, 0.25) is 0 Å². The third-order valence-electron chi connectivity index (χ3n) is 2.09. The van der Waals surface area contributed by atoms with Crippen LogP contribution in [0.15, 0.2) is 12.4 Å². The molecule has 1 heterocycles. The summed E-state index contributed by atoms with van der Waals surface area (Å²) in [6.45, 7) is 2.81. The third kappa shape index (κ3) is 5.37. The number of halogens is 4. The quantitative estimate of drug-likeness (QED) is 0.779. The van der Waals surface area contributed by atoms with Gasteiger partial charge in [-0.3, -0.25) is 4.98 Å². The van der Waals surface area contributed by atoms with Crippen LogP contribution >= 0.6 is 0 Å². The molecule has 0 aliphatic carbocycles. The summed E-state index contributed by atoms with van der Waals surface area (Å²) in [6.07, 6.45) is -1.24. The van der Waals surface area contributed by atoms with E-state index in [-0.39, 0.29) is 11.9 Å². The third-order valence-corrected chi connectivity index (χ3v) is 2.09. The average molecular weight is 281 g/mol. The van der Waals surface area contributed by atoms with Crippen molar-refractivity contribution in [2.24, 2.45) is 0 Å². The van der Waals surface area contributed by atoms with E-state index < -0.39 is 19.0 Å². The zero-order valence-corrected chi connectivity index (χ0v) is 10.5. The average Bonchev–Trinajstić information content (AvgIpc) is 2.34. The molecule has 0 saturated heterocycles. The summed E-state index contributed by atoms with van der Waals surface area (Å²) in [6, 6.07) is 0.217. The molecule has 0 amide bonds. The molecule has 1 aromatic rings. The summed E-state index contributed by atoms with van der Waals surface area (Å²) >= 11 is 0. The first-order valence-corrected chi connectivity index (χ1v) is 5.64. The van der Waals surface area contributed by atoms with Crippen molar-refractivity contribution in [3.05, 3.63) is 18.1 Å². The fourth-order valence-electron chi connectivity index (χ4n) is 1.08. The van der Waals surface area contributed by atoms with E-state index in [9.17, 15) is 17.6 Å². The van der Waals surface area contributed by atoms with Gasteiger partial charge in [0.2, 0.25) is 5.88 Å². The summed E-state index contributed by atoms with van der Waals surface area (Å²) in [5, 5.41) is 3.05. The molecule has 8 heteroatoms. The molecular formula is C11H15F4N3O. The highest BCUT2D eigenvalue weighted by molar-refractivity contribution is 5.08. The Morgan fingerprint density at radius 3 is 2.58 bits per heavy atom. The van der Waals surface area contributed by atoms with Crippen LogP contribution in [0.4, 0.5) is 17.6 Å². The molecule has 0 atom stereocenters. The lowest BCUT2D eigenvalue weighted by Gasteiger charge is -2.15. The minimum Gasteiger partial charge on any atom is -0.470 e. The number of hydrogen-bond donors (Lipinski definition) is 1. The molecule has 0 unspecified atom stereocenters. The predicted molar refractivity (Wildman–Crippen MR) is 60.5 cm³/mol. The van der Waals surface area contributed by atoms with Gasteiger partial charge in [-0.25, -0.2) is 13.8 Å². The van der Waals surface area contributed by atoms with Crippen LogP contribution in [0.25, 0.3) is 0 Å². The molecule has 0 aliphatic heterocycles. The van der Waals surface area contributed by atoms with E-state index in [1.54, 1.807) is 0 Å². The van der Waals surface area contributed by atoms with Crippen LogP contribution in [0.3, 0.4) is 0 Å². The van der Waals surface area contributed by atoms with Crippen molar-refractivity contribution in [3.8, 4) is 5.88 Å². The number of hydrogen-bond acceptors (Lipinski definition) is 4. The molecule has 1 rings (SSSR count). The van der Waals surface area contributed by atoms with Crippen molar-refractivity contribution in [1.29, 1.82) is 0 Å². The van der Waals surface area contributed by atoms with E-state index in [2.05, 4.69) is 20.0 Å². The fraction of sp³-hybridized carbons (Fsp3) is 0.636. The van der Waals surface area contributed by atoms with Gasteiger partial charge >= 0.3 is 12.3 Å². The molecular weight excluding hydrogens is 266 g/mol. The van der Waals surface area contributed by atoms with Gasteiger partial charge in [-0.05, 0) is 0 Å². The Morgan fingerprint density at radius 1 is 1.32 bits per heavy atom. The minimum absolute atomic E-state index is 0.205. The highest BCUT2D eigenvalue weighted by Crippen LogP contribution is 2.23. The highest BCUT2D eigenvalue weighted by Gasteiger charge is 2.41. The Hall–Kier alpha value is -1.44. The lowest BCUT2D eigenvalue weighted by atomic mass is 10.3. The number of alkyl halides is 4. The largest absolute Gasteiger partial charge is 0.470 e. The lowest BCUT2D eigenvalue weighted by molar-refractivity contribution is -0.148. The molecule has 0 radical (unpaired) electrons. The molecule has 1 aromatic heterocycles. The van der Waals surface area contributed by atoms with Crippen molar-refractivity contribution in [3.63, 3.8) is 0 Å². The SMILES string of the molecule is CC(C)NCc1cncc(OCC(F)(F)C(F)F)n1. The minimum atomic E-state index is -4.20. The lowest BCUT2D eigenvalue weighted by Crippen LogP contribution is -2.34. The van der Waals surface area contributed by atoms with Gasteiger partial charge in [-0.2, -0.15) is 8.78 Å². The normalized spacial score (nSPS) is 12.2. The molecule has 1 N–H and O–H groups in total. The van der Waals surface area contributed by atoms with E-state index in [0.29, 0.717) is 12.2 Å². The van der Waals surface area contributed by atoms with E-state index >= 15 is 0 Å². The summed E-state index contributed by atoms with van der Waals surface area (Å²) in [7, 11) is 0. The first-order chi connectivity index (χ1) is 8.81. The summed E-state index contributed by atoms with van der Waals surface area (Å²) in [4.78, 5) is 7.63. The Balaban J connectivity index is 2.57. The van der Waals surface area contributed by atoms with Crippen LogP contribution in [0.5, 0.6) is 5.88 Å². The summed E-state index contributed by atoms with van der Waals surface area (Å²) in [5.74, 6) is -4.41. The van der Waals surface area contributed by atoms with Crippen LogP contribution in [0, 0.1) is 0 Å². The molecule has 108 valence electrons. The van der Waals surface area contributed by atoms with E-state index in [1.165, 1.54) is 6.20 Å². The van der Waals surface area contributed by atoms with Crippen molar-refractivity contribution >= 4 is 0 Å². The molecule has 4 nitrogen and oxygen atoms in total. The highest BCUT2D eigenvalue weighted by atomic mass is 19.3. The Morgan fingerprint density at radius 2 is 2.00 bits per heavy atom. The Bertz CT molecular complexity index is 401. The van der Waals surface area contributed by atoms with Gasteiger partial charge in [0.05, 0.1) is 11.9 Å². The van der Waals surface area contributed by atoms with Crippen LogP contribution in [-0.4, -0.2) is 35.0 Å². The van der Waals surface area contributed by atoms with Gasteiger partial charge in [0, 0.05) is 18.8 Å². The molecule has 0 spiro atoms. The van der Waals surface area contributed by atoms with Crippen LogP contribution in [0.1, 0.15) is 19.5 Å². The van der Waals surface area contributed by atoms with Crippen molar-refractivity contribution in [2.45, 2.75) is 38.8 Å². The molecule has 0 saturated carbocycles. The van der Waals surface area contributed by atoms with Crippen LogP contribution in [-0.2, 0) is 6.54 Å². The second-order valence-electron chi connectivity index (χ2n) is 4.23. The Kier molecular flexibility index (Phi) is 5.46. The van der Waals surface area contributed by atoms with Gasteiger partial charge in [-0.1, -0.05) is 13.8 Å². The number of ether oxygens (including phenoxy) is 1. The smallest absolute Gasteiger partial charge is 0.340 e. The number of rotatable bonds is 7. The first-order valence-electron chi connectivity index (χ1n) is 5.64. The fourth-order valence-corrected chi connectivity index (χ4v) is 1.08. The zero-order chi connectivity index (χ0) is 14.5. The molecule has 0 aliphatic rings. The van der Waals surface area contributed by atoms with E-state index in [0.717, 1.165) is 6.20 Å². The van der Waals surface area contributed by atoms with Crippen LogP contribution < -0.4 is 10.1 Å². The van der Waals surface area contributed by atoms with Gasteiger partial charge < -0.3 is 10.1 Å². The predicted octanol–water partition coefficient (Wildman–Crippen LogP) is 2.25. The van der Waals surface area contributed by atoms with Gasteiger partial charge in [0.25, 0.3) is 0 Å². The van der Waals surface area contributed by atoms with Gasteiger partial charge in [-0.15, -0.1) is 0 Å². The number of nitrogens with zero attached hydrogens (tertiary/aromatic N) is 2. The van der Waals surface area contributed by atoms with Crippen molar-refractivity contribution in [1.82, 2.24) is 15.3 Å². The maximum atomic E-state index is 12.7. The van der Waals surface area contributed by atoms with Crippen molar-refractivity contribution < 1.29 is 22.3 Å². The maximum absolute atomic E-state index is 12.7. The number of aromatic nitrogens is 2. The molecule has 19 heavy (non-hydrogen) atoms. The summed E-state index contributed by atoms with van der Waals surface area (Å²) in [5.41, 5.74) is 0.478. The zero-order valence-electron chi connectivity index (χ0n) is 10.5. The standard InChI is InChI=1S/C11H15F4N3O/c1-7(2)17-4-8-3-16-5-9(18-8)19-6-11(14,15)10(12)13/h3,5,7,10,17H,4,6H2,1-2H3. The maximum Gasteiger partial charge on any atom is 0.340 e. The molecule has 0 aromatic carbocycles. The Labute approximate surface area is 108 Å². The second kappa shape index (κ2) is 6.65. The summed E-state index contributed by atoms with van der Waals surface area (Å²) < 4.78 is 53.7. The van der Waals surface area contributed by atoms with Crippen molar-refractivity contribution in [2.75, 3.05) is 6.61 Å². The van der Waals surface area contributed by atoms with Gasteiger partial charge in [0.1, 0.15) is 0 Å². The van der Waals surface area contributed by atoms with Gasteiger partial charge in [0.15, 0.2) is 6.61 Å². The second-order valence-corrected chi connectivity index (χ2v) is 4.23. The molecule has 0 fully saturated rings.